The summed E-state index contributed by atoms with van der Waals surface area (Å²) in [6.07, 6.45) is 1.48. The standard InChI is InChI=1S/C13H17N3O4/c17-13(20-9-10-5-7-14-8-6-10)15-11-1-3-12(4-2-11)16(18)19/h1-4,10,14H,5-9H2,(H,15,17). The number of nitro benzene ring substituents is 1. The molecule has 2 N–H and O–H groups in total. The van der Waals surface area contributed by atoms with Crippen molar-refractivity contribution in [3.63, 3.8) is 0 Å². The lowest BCUT2D eigenvalue weighted by molar-refractivity contribution is -0.384. The maximum atomic E-state index is 11.6. The van der Waals surface area contributed by atoms with E-state index in [2.05, 4.69) is 10.6 Å². The van der Waals surface area contributed by atoms with Gasteiger partial charge in [0.15, 0.2) is 0 Å². The molecule has 0 radical (unpaired) electrons. The van der Waals surface area contributed by atoms with Crippen LogP contribution in [0, 0.1) is 16.0 Å². The van der Waals surface area contributed by atoms with Gasteiger partial charge in [0.1, 0.15) is 0 Å². The molecule has 1 aliphatic heterocycles. The minimum atomic E-state index is -0.530. The van der Waals surface area contributed by atoms with E-state index in [4.69, 9.17) is 4.74 Å². The molecule has 1 saturated heterocycles. The fourth-order valence-electron chi connectivity index (χ4n) is 2.06. The van der Waals surface area contributed by atoms with Crippen molar-refractivity contribution in [1.29, 1.82) is 0 Å². The number of hydrogen-bond acceptors (Lipinski definition) is 5. The Bertz CT molecular complexity index is 469. The zero-order chi connectivity index (χ0) is 14.4. The number of ether oxygens (including phenoxy) is 1. The Balaban J connectivity index is 1.77. The van der Waals surface area contributed by atoms with Crippen LogP contribution in [0.25, 0.3) is 0 Å². The highest BCUT2D eigenvalue weighted by Crippen LogP contribution is 2.16. The third-order valence-corrected chi connectivity index (χ3v) is 3.23. The van der Waals surface area contributed by atoms with Gasteiger partial charge in [-0.25, -0.2) is 4.79 Å². The maximum Gasteiger partial charge on any atom is 0.411 e. The molecule has 7 heteroatoms. The maximum absolute atomic E-state index is 11.6. The van der Waals surface area contributed by atoms with Crippen LogP contribution in [0.4, 0.5) is 16.2 Å². The summed E-state index contributed by atoms with van der Waals surface area (Å²) in [5, 5.41) is 16.3. The third kappa shape index (κ3) is 4.20. The summed E-state index contributed by atoms with van der Waals surface area (Å²) < 4.78 is 5.15. The predicted octanol–water partition coefficient (Wildman–Crippen LogP) is 2.14. The Labute approximate surface area is 116 Å². The van der Waals surface area contributed by atoms with Crippen molar-refractivity contribution in [3.05, 3.63) is 34.4 Å². The van der Waals surface area contributed by atoms with E-state index in [1.807, 2.05) is 0 Å². The van der Waals surface area contributed by atoms with Gasteiger partial charge in [0.2, 0.25) is 0 Å². The Morgan fingerprint density at radius 1 is 1.35 bits per heavy atom. The molecule has 1 fully saturated rings. The third-order valence-electron chi connectivity index (χ3n) is 3.23. The molecule has 1 heterocycles. The van der Waals surface area contributed by atoms with Crippen molar-refractivity contribution in [2.45, 2.75) is 12.8 Å². The van der Waals surface area contributed by atoms with Crippen LogP contribution in [0.3, 0.4) is 0 Å². The number of nitrogens with zero attached hydrogens (tertiary/aromatic N) is 1. The van der Waals surface area contributed by atoms with E-state index in [-0.39, 0.29) is 5.69 Å². The highest BCUT2D eigenvalue weighted by Gasteiger charge is 2.15. The van der Waals surface area contributed by atoms with Gasteiger partial charge in [-0.2, -0.15) is 0 Å². The molecule has 0 spiro atoms. The van der Waals surface area contributed by atoms with Gasteiger partial charge in [0.05, 0.1) is 11.5 Å². The fraction of sp³-hybridized carbons (Fsp3) is 0.462. The minimum Gasteiger partial charge on any atom is -0.449 e. The van der Waals surface area contributed by atoms with Crippen LogP contribution < -0.4 is 10.6 Å². The predicted molar refractivity (Wildman–Crippen MR) is 73.7 cm³/mol. The Hall–Kier alpha value is -2.15. The molecule has 1 aromatic rings. The number of carbonyl (C=O) groups excluding carboxylic acids is 1. The summed E-state index contributed by atoms with van der Waals surface area (Å²) in [4.78, 5) is 21.6. The number of piperidine rings is 1. The summed E-state index contributed by atoms with van der Waals surface area (Å²) in [6, 6.07) is 5.62. The van der Waals surface area contributed by atoms with Crippen LogP contribution >= 0.6 is 0 Å². The van der Waals surface area contributed by atoms with Gasteiger partial charge < -0.3 is 10.1 Å². The van der Waals surface area contributed by atoms with E-state index in [0.29, 0.717) is 18.2 Å². The number of benzene rings is 1. The molecular formula is C13H17N3O4. The monoisotopic (exact) mass is 279 g/mol. The Morgan fingerprint density at radius 3 is 2.60 bits per heavy atom. The average molecular weight is 279 g/mol. The lowest BCUT2D eigenvalue weighted by Crippen LogP contribution is -2.31. The lowest BCUT2D eigenvalue weighted by Gasteiger charge is -2.22. The van der Waals surface area contributed by atoms with Crippen LogP contribution in [0.1, 0.15) is 12.8 Å². The average Bonchev–Trinajstić information content (AvgIpc) is 2.47. The second-order valence-electron chi connectivity index (χ2n) is 4.72. The van der Waals surface area contributed by atoms with Gasteiger partial charge in [0, 0.05) is 17.8 Å². The molecule has 0 bridgehead atoms. The van der Waals surface area contributed by atoms with Crippen LogP contribution in [0.2, 0.25) is 0 Å². The number of non-ortho nitro benzene ring substituents is 1. The van der Waals surface area contributed by atoms with Crippen molar-refractivity contribution in [2.24, 2.45) is 5.92 Å². The van der Waals surface area contributed by atoms with Crippen LogP contribution in [0.5, 0.6) is 0 Å². The molecule has 0 atom stereocenters. The zero-order valence-corrected chi connectivity index (χ0v) is 11.0. The molecule has 1 amide bonds. The van der Waals surface area contributed by atoms with E-state index >= 15 is 0 Å². The number of nitrogens with one attached hydrogen (secondary N) is 2. The van der Waals surface area contributed by atoms with Gasteiger partial charge in [-0.1, -0.05) is 0 Å². The molecule has 1 aromatic carbocycles. The van der Waals surface area contributed by atoms with Gasteiger partial charge in [-0.05, 0) is 44.0 Å². The van der Waals surface area contributed by atoms with Crippen LogP contribution in [-0.4, -0.2) is 30.7 Å². The second-order valence-corrected chi connectivity index (χ2v) is 4.72. The quantitative estimate of drug-likeness (QED) is 0.650. The summed E-state index contributed by atoms with van der Waals surface area (Å²) in [6.45, 7) is 2.32. The second kappa shape index (κ2) is 6.85. The van der Waals surface area contributed by atoms with Crippen molar-refractivity contribution >= 4 is 17.5 Å². The van der Waals surface area contributed by atoms with E-state index < -0.39 is 11.0 Å². The number of hydrogen-bond donors (Lipinski definition) is 2. The molecule has 108 valence electrons. The molecular weight excluding hydrogens is 262 g/mol. The molecule has 0 aliphatic carbocycles. The van der Waals surface area contributed by atoms with E-state index in [1.54, 1.807) is 0 Å². The summed E-state index contributed by atoms with van der Waals surface area (Å²) in [7, 11) is 0. The molecule has 20 heavy (non-hydrogen) atoms. The smallest absolute Gasteiger partial charge is 0.411 e. The first-order chi connectivity index (χ1) is 9.65. The first-order valence-electron chi connectivity index (χ1n) is 6.54. The zero-order valence-electron chi connectivity index (χ0n) is 11.0. The first-order valence-corrected chi connectivity index (χ1v) is 6.54. The van der Waals surface area contributed by atoms with Crippen LogP contribution in [-0.2, 0) is 4.74 Å². The van der Waals surface area contributed by atoms with Gasteiger partial charge in [-0.3, -0.25) is 15.4 Å². The van der Waals surface area contributed by atoms with Crippen molar-refractivity contribution < 1.29 is 14.5 Å². The van der Waals surface area contributed by atoms with E-state index in [9.17, 15) is 14.9 Å². The number of anilines is 1. The Morgan fingerprint density at radius 2 is 2.00 bits per heavy atom. The molecule has 2 rings (SSSR count). The van der Waals surface area contributed by atoms with Gasteiger partial charge in [0.25, 0.3) is 5.69 Å². The van der Waals surface area contributed by atoms with E-state index in [0.717, 1.165) is 25.9 Å². The first kappa shape index (κ1) is 14.3. The SMILES string of the molecule is O=C(Nc1ccc([N+](=O)[O-])cc1)OCC1CCNCC1. The van der Waals surface area contributed by atoms with Crippen molar-refractivity contribution in [2.75, 3.05) is 25.0 Å². The number of nitro groups is 1. The number of carbonyl (C=O) groups is 1. The Kier molecular flexibility index (Phi) is 4.89. The molecule has 1 aliphatic rings. The largest absolute Gasteiger partial charge is 0.449 e. The highest BCUT2D eigenvalue weighted by atomic mass is 16.6. The van der Waals surface area contributed by atoms with E-state index in [1.165, 1.54) is 24.3 Å². The lowest BCUT2D eigenvalue weighted by atomic mass is 9.99. The molecule has 0 saturated carbocycles. The topological polar surface area (TPSA) is 93.5 Å². The summed E-state index contributed by atoms with van der Waals surface area (Å²) >= 11 is 0. The molecule has 7 nitrogen and oxygen atoms in total. The van der Waals surface area contributed by atoms with Crippen molar-refractivity contribution in [3.8, 4) is 0 Å². The number of rotatable bonds is 4. The van der Waals surface area contributed by atoms with Crippen molar-refractivity contribution in [1.82, 2.24) is 5.32 Å². The fourth-order valence-corrected chi connectivity index (χ4v) is 2.06. The highest BCUT2D eigenvalue weighted by molar-refractivity contribution is 5.84. The van der Waals surface area contributed by atoms with Gasteiger partial charge in [-0.15, -0.1) is 0 Å². The van der Waals surface area contributed by atoms with Gasteiger partial charge >= 0.3 is 6.09 Å². The summed E-state index contributed by atoms with van der Waals surface area (Å²) in [5.74, 6) is 0.402. The normalized spacial score (nSPS) is 15.6. The van der Waals surface area contributed by atoms with Crippen LogP contribution in [0.15, 0.2) is 24.3 Å². The summed E-state index contributed by atoms with van der Waals surface area (Å²) in [5.41, 5.74) is 0.463. The number of amides is 1. The molecule has 0 unspecified atom stereocenters. The molecule has 0 aromatic heterocycles. The minimum absolute atomic E-state index is 0.0152.